The molecule has 1 aliphatic heterocycles. The molecule has 3 rings (SSSR count). The van der Waals surface area contributed by atoms with E-state index in [0.29, 0.717) is 18.8 Å². The summed E-state index contributed by atoms with van der Waals surface area (Å²) < 4.78 is 1.77. The maximum absolute atomic E-state index is 12.7. The van der Waals surface area contributed by atoms with E-state index in [1.54, 1.807) is 4.68 Å². The van der Waals surface area contributed by atoms with Gasteiger partial charge in [-0.05, 0) is 49.6 Å². The number of carbonyl (C=O) groups excluding carboxylic acids is 1. The Morgan fingerprint density at radius 1 is 1.33 bits per heavy atom. The molecule has 1 aromatic carbocycles. The Kier molecular flexibility index (Phi) is 3.41. The van der Waals surface area contributed by atoms with Gasteiger partial charge in [-0.1, -0.05) is 6.07 Å². The van der Waals surface area contributed by atoms with E-state index in [9.17, 15) is 4.79 Å². The molecular formula is C16H20N4O. The van der Waals surface area contributed by atoms with Crippen molar-refractivity contribution in [3.63, 3.8) is 0 Å². The fraction of sp³-hybridized carbons (Fsp3) is 0.375. The number of nitrogens with two attached hydrogens (primary N) is 1. The first kappa shape index (κ1) is 13.7. The van der Waals surface area contributed by atoms with Crippen LogP contribution in [0.4, 0.5) is 5.69 Å². The minimum absolute atomic E-state index is 0.0468. The molecule has 0 fully saturated rings. The largest absolute Gasteiger partial charge is 0.399 e. The van der Waals surface area contributed by atoms with Crippen LogP contribution in [0.3, 0.4) is 0 Å². The Bertz CT molecular complexity index is 690. The van der Waals surface area contributed by atoms with Crippen LogP contribution in [0.15, 0.2) is 24.3 Å². The third-order valence-electron chi connectivity index (χ3n) is 3.95. The van der Waals surface area contributed by atoms with Crippen molar-refractivity contribution in [3.8, 4) is 0 Å². The molecule has 0 radical (unpaired) electrons. The van der Waals surface area contributed by atoms with E-state index in [1.807, 2.05) is 36.9 Å². The van der Waals surface area contributed by atoms with E-state index < -0.39 is 0 Å². The standard InChI is InChI=1S/C16H20N4O/c1-3-20-15(8-11(2)18-20)16(21)19-7-6-12-4-5-14(17)9-13(12)10-19/h4-5,8-9H,3,6-7,10,17H2,1-2H3. The summed E-state index contributed by atoms with van der Waals surface area (Å²) in [4.78, 5) is 14.6. The molecule has 0 atom stereocenters. The van der Waals surface area contributed by atoms with Crippen molar-refractivity contribution < 1.29 is 4.79 Å². The smallest absolute Gasteiger partial charge is 0.272 e. The van der Waals surface area contributed by atoms with Crippen molar-refractivity contribution in [3.05, 3.63) is 46.8 Å². The predicted octanol–water partition coefficient (Wildman–Crippen LogP) is 1.99. The highest BCUT2D eigenvalue weighted by molar-refractivity contribution is 5.92. The van der Waals surface area contributed by atoms with Crippen molar-refractivity contribution in [1.29, 1.82) is 0 Å². The highest BCUT2D eigenvalue weighted by Gasteiger charge is 2.24. The molecule has 21 heavy (non-hydrogen) atoms. The zero-order chi connectivity index (χ0) is 15.0. The lowest BCUT2D eigenvalue weighted by Gasteiger charge is -2.29. The molecule has 0 bridgehead atoms. The van der Waals surface area contributed by atoms with E-state index in [-0.39, 0.29) is 5.91 Å². The van der Waals surface area contributed by atoms with Crippen LogP contribution in [0.2, 0.25) is 0 Å². The number of hydrogen-bond acceptors (Lipinski definition) is 3. The highest BCUT2D eigenvalue weighted by Crippen LogP contribution is 2.22. The Labute approximate surface area is 124 Å². The quantitative estimate of drug-likeness (QED) is 0.858. The van der Waals surface area contributed by atoms with Gasteiger partial charge in [0, 0.05) is 25.3 Å². The number of nitrogens with zero attached hydrogens (tertiary/aromatic N) is 3. The summed E-state index contributed by atoms with van der Waals surface area (Å²) in [5, 5.41) is 4.35. The third kappa shape index (κ3) is 2.51. The molecule has 0 saturated heterocycles. The monoisotopic (exact) mass is 284 g/mol. The van der Waals surface area contributed by atoms with Crippen LogP contribution < -0.4 is 5.73 Å². The fourth-order valence-electron chi connectivity index (χ4n) is 2.87. The molecule has 0 aliphatic carbocycles. The normalized spacial score (nSPS) is 14.1. The van der Waals surface area contributed by atoms with Gasteiger partial charge in [-0.15, -0.1) is 0 Å². The van der Waals surface area contributed by atoms with Gasteiger partial charge >= 0.3 is 0 Å². The summed E-state index contributed by atoms with van der Waals surface area (Å²) in [7, 11) is 0. The van der Waals surface area contributed by atoms with Crippen molar-refractivity contribution >= 4 is 11.6 Å². The van der Waals surface area contributed by atoms with Gasteiger partial charge in [-0.2, -0.15) is 5.10 Å². The molecular weight excluding hydrogens is 264 g/mol. The molecule has 2 N–H and O–H groups in total. The minimum Gasteiger partial charge on any atom is -0.399 e. The summed E-state index contributed by atoms with van der Waals surface area (Å²) in [6.45, 7) is 5.97. The number of rotatable bonds is 2. The number of anilines is 1. The molecule has 1 aromatic heterocycles. The third-order valence-corrected chi connectivity index (χ3v) is 3.95. The number of nitrogen functional groups attached to an aromatic ring is 1. The van der Waals surface area contributed by atoms with Gasteiger partial charge in [0.15, 0.2) is 0 Å². The number of carbonyl (C=O) groups is 1. The number of aryl methyl sites for hydroxylation is 2. The number of amides is 1. The fourth-order valence-corrected chi connectivity index (χ4v) is 2.87. The molecule has 110 valence electrons. The van der Waals surface area contributed by atoms with Crippen molar-refractivity contribution in [2.24, 2.45) is 0 Å². The Morgan fingerprint density at radius 3 is 2.90 bits per heavy atom. The molecule has 2 aromatic rings. The van der Waals surface area contributed by atoms with Crippen LogP contribution >= 0.6 is 0 Å². The lowest BCUT2D eigenvalue weighted by molar-refractivity contribution is 0.0722. The van der Waals surface area contributed by atoms with Crippen LogP contribution in [0.25, 0.3) is 0 Å². The molecule has 2 heterocycles. The summed E-state index contributed by atoms with van der Waals surface area (Å²) >= 11 is 0. The van der Waals surface area contributed by atoms with E-state index >= 15 is 0 Å². The van der Waals surface area contributed by atoms with Crippen molar-refractivity contribution in [1.82, 2.24) is 14.7 Å². The van der Waals surface area contributed by atoms with Gasteiger partial charge in [0.1, 0.15) is 5.69 Å². The number of fused-ring (bicyclic) bond motifs is 1. The molecule has 1 amide bonds. The summed E-state index contributed by atoms with van der Waals surface area (Å²) in [6, 6.07) is 7.82. The molecule has 0 unspecified atom stereocenters. The van der Waals surface area contributed by atoms with Gasteiger partial charge < -0.3 is 10.6 Å². The van der Waals surface area contributed by atoms with Crippen LogP contribution in [0.1, 0.15) is 34.2 Å². The second-order valence-electron chi connectivity index (χ2n) is 5.49. The second-order valence-corrected chi connectivity index (χ2v) is 5.49. The topological polar surface area (TPSA) is 64.2 Å². The maximum atomic E-state index is 12.7. The lowest BCUT2D eigenvalue weighted by Crippen LogP contribution is -2.37. The molecule has 1 aliphatic rings. The van der Waals surface area contributed by atoms with Crippen LogP contribution in [-0.2, 0) is 19.5 Å². The minimum atomic E-state index is 0.0468. The van der Waals surface area contributed by atoms with Gasteiger partial charge in [0.25, 0.3) is 5.91 Å². The highest BCUT2D eigenvalue weighted by atomic mass is 16.2. The van der Waals surface area contributed by atoms with Crippen LogP contribution in [-0.4, -0.2) is 27.1 Å². The van der Waals surface area contributed by atoms with E-state index in [2.05, 4.69) is 11.2 Å². The van der Waals surface area contributed by atoms with Crippen LogP contribution in [0, 0.1) is 6.92 Å². The lowest BCUT2D eigenvalue weighted by atomic mass is 9.99. The molecule has 0 saturated carbocycles. The van der Waals surface area contributed by atoms with E-state index in [1.165, 1.54) is 5.56 Å². The van der Waals surface area contributed by atoms with Gasteiger partial charge in [-0.3, -0.25) is 9.48 Å². The SMILES string of the molecule is CCn1nc(C)cc1C(=O)N1CCc2ccc(N)cc2C1. The second kappa shape index (κ2) is 5.24. The van der Waals surface area contributed by atoms with Crippen LogP contribution in [0.5, 0.6) is 0 Å². The van der Waals surface area contributed by atoms with Gasteiger partial charge in [-0.25, -0.2) is 0 Å². The average molecular weight is 284 g/mol. The molecule has 5 heteroatoms. The number of aromatic nitrogens is 2. The predicted molar refractivity (Wildman–Crippen MR) is 81.9 cm³/mol. The van der Waals surface area contributed by atoms with Crippen molar-refractivity contribution in [2.45, 2.75) is 33.4 Å². The molecule has 0 spiro atoms. The average Bonchev–Trinajstić information content (AvgIpc) is 2.86. The van der Waals surface area contributed by atoms with Crippen molar-refractivity contribution in [2.75, 3.05) is 12.3 Å². The first-order valence-electron chi connectivity index (χ1n) is 7.29. The number of hydrogen-bond donors (Lipinski definition) is 1. The summed E-state index contributed by atoms with van der Waals surface area (Å²) in [5.41, 5.74) is 10.6. The first-order chi connectivity index (χ1) is 10.1. The first-order valence-corrected chi connectivity index (χ1v) is 7.29. The Morgan fingerprint density at radius 2 is 2.14 bits per heavy atom. The molecule has 5 nitrogen and oxygen atoms in total. The maximum Gasteiger partial charge on any atom is 0.272 e. The Hall–Kier alpha value is -2.30. The van der Waals surface area contributed by atoms with E-state index in [4.69, 9.17) is 5.73 Å². The van der Waals surface area contributed by atoms with E-state index in [0.717, 1.165) is 29.9 Å². The number of benzene rings is 1. The van der Waals surface area contributed by atoms with Gasteiger partial charge in [0.05, 0.1) is 5.69 Å². The zero-order valence-corrected chi connectivity index (χ0v) is 12.5. The zero-order valence-electron chi connectivity index (χ0n) is 12.5. The summed E-state index contributed by atoms with van der Waals surface area (Å²) in [6.07, 6.45) is 0.876. The Balaban J connectivity index is 1.86. The van der Waals surface area contributed by atoms with Gasteiger partial charge in [0.2, 0.25) is 0 Å². The summed E-state index contributed by atoms with van der Waals surface area (Å²) in [5.74, 6) is 0.0468.